The first-order valence-corrected chi connectivity index (χ1v) is 7.53. The molecule has 0 bridgehead atoms. The Morgan fingerprint density at radius 2 is 2.04 bits per heavy atom. The molecule has 0 aliphatic heterocycles. The van der Waals surface area contributed by atoms with Gasteiger partial charge in [-0.15, -0.1) is 0 Å². The third kappa shape index (κ3) is 3.89. The van der Waals surface area contributed by atoms with Crippen molar-refractivity contribution in [2.75, 3.05) is 19.6 Å². The summed E-state index contributed by atoms with van der Waals surface area (Å²) < 4.78 is 11.3. The topological polar surface area (TPSA) is 88.6 Å². The number of aromatic amines is 1. The van der Waals surface area contributed by atoms with Crippen molar-refractivity contribution in [3.63, 3.8) is 0 Å². The van der Waals surface area contributed by atoms with Crippen LogP contribution in [0.1, 0.15) is 16.8 Å². The van der Waals surface area contributed by atoms with Crippen molar-refractivity contribution in [3.8, 4) is 11.5 Å². The van der Waals surface area contributed by atoms with Crippen LogP contribution in [-0.2, 0) is 0 Å². The summed E-state index contributed by atoms with van der Waals surface area (Å²) in [7, 11) is 3.13. The fourth-order valence-electron chi connectivity index (χ4n) is 1.88. The lowest BCUT2D eigenvalue weighted by atomic mass is 10.2. The summed E-state index contributed by atoms with van der Waals surface area (Å²) in [4.78, 5) is 18.5. The van der Waals surface area contributed by atoms with Crippen molar-refractivity contribution in [2.45, 2.75) is 13.8 Å². The quantitative estimate of drug-likeness (QED) is 0.614. The van der Waals surface area contributed by atoms with E-state index in [1.165, 1.54) is 0 Å². The summed E-state index contributed by atoms with van der Waals surface area (Å²) in [6.45, 7) is 3.49. The molecule has 7 nitrogen and oxygen atoms in total. The van der Waals surface area contributed by atoms with Crippen molar-refractivity contribution in [1.82, 2.24) is 9.97 Å². The third-order valence-electron chi connectivity index (χ3n) is 3.23. The maximum atomic E-state index is 11.7. The van der Waals surface area contributed by atoms with Crippen LogP contribution in [0.2, 0.25) is 0 Å². The monoisotopic (exact) mass is 380 g/mol. The van der Waals surface area contributed by atoms with Gasteiger partial charge in [-0.05, 0) is 47.5 Å². The number of H-pyrrole nitrogens is 1. The van der Waals surface area contributed by atoms with Crippen molar-refractivity contribution in [3.05, 3.63) is 43.8 Å². The van der Waals surface area contributed by atoms with Gasteiger partial charge in [0, 0.05) is 11.3 Å². The van der Waals surface area contributed by atoms with Crippen molar-refractivity contribution >= 4 is 28.1 Å². The van der Waals surface area contributed by atoms with E-state index in [4.69, 9.17) is 9.47 Å². The number of aryl methyl sites for hydroxylation is 1. The summed E-state index contributed by atoms with van der Waals surface area (Å²) in [6, 6.07) is 3.62. The van der Waals surface area contributed by atoms with E-state index in [1.807, 2.05) is 6.07 Å². The Hall–Kier alpha value is -2.35. The van der Waals surface area contributed by atoms with Gasteiger partial charge >= 0.3 is 0 Å². The van der Waals surface area contributed by atoms with E-state index in [0.717, 1.165) is 10.0 Å². The van der Waals surface area contributed by atoms with Crippen LogP contribution in [-0.4, -0.2) is 30.4 Å². The number of methoxy groups -OCH3 is 2. The second-order valence-corrected chi connectivity index (χ2v) is 5.59. The molecule has 0 amide bonds. The highest BCUT2D eigenvalue weighted by atomic mass is 79.9. The first-order valence-electron chi connectivity index (χ1n) is 6.74. The van der Waals surface area contributed by atoms with Crippen molar-refractivity contribution in [1.29, 1.82) is 0 Å². The summed E-state index contributed by atoms with van der Waals surface area (Å²) in [5.41, 5.74) is 4.54. The number of ether oxygens (including phenoxy) is 2. The number of hydrogen-bond donors (Lipinski definition) is 2. The molecule has 2 N–H and O–H groups in total. The normalized spacial score (nSPS) is 10.8. The molecule has 0 radical (unpaired) electrons. The van der Waals surface area contributed by atoms with E-state index in [1.54, 1.807) is 40.3 Å². The lowest BCUT2D eigenvalue weighted by molar-refractivity contribution is 0.353. The zero-order chi connectivity index (χ0) is 17.0. The Balaban J connectivity index is 2.21. The minimum absolute atomic E-state index is 0.191. The standard InChI is InChI=1S/C15H17BrN4O3/c1-8-9(2)18-15(19-14(8)21)20-17-7-10-5-11(16)13(23-4)12(6-10)22-3/h5-7H,1-4H3,(H2,18,19,20,21)/b17-7-. The molecule has 23 heavy (non-hydrogen) atoms. The van der Waals surface area contributed by atoms with Crippen LogP contribution in [0.3, 0.4) is 0 Å². The molecule has 0 aliphatic carbocycles. The van der Waals surface area contributed by atoms with Crippen LogP contribution in [0.25, 0.3) is 0 Å². The number of hydrazone groups is 1. The van der Waals surface area contributed by atoms with Gasteiger partial charge in [0.2, 0.25) is 5.95 Å². The molecule has 0 atom stereocenters. The van der Waals surface area contributed by atoms with E-state index in [0.29, 0.717) is 22.8 Å². The van der Waals surface area contributed by atoms with E-state index < -0.39 is 0 Å². The van der Waals surface area contributed by atoms with Crippen LogP contribution >= 0.6 is 15.9 Å². The van der Waals surface area contributed by atoms with Crippen molar-refractivity contribution in [2.24, 2.45) is 5.10 Å². The number of hydrogen-bond acceptors (Lipinski definition) is 6. The number of anilines is 1. The van der Waals surface area contributed by atoms with E-state index in [2.05, 4.69) is 36.4 Å². The fourth-order valence-corrected chi connectivity index (χ4v) is 2.50. The smallest absolute Gasteiger partial charge is 0.255 e. The molecule has 0 saturated carbocycles. The number of halogens is 1. The van der Waals surface area contributed by atoms with E-state index in [-0.39, 0.29) is 11.5 Å². The Kier molecular flexibility index (Phi) is 5.38. The number of aromatic nitrogens is 2. The number of nitrogens with one attached hydrogen (secondary N) is 2. The lowest BCUT2D eigenvalue weighted by Crippen LogP contribution is -2.15. The molecule has 2 aromatic rings. The van der Waals surface area contributed by atoms with Crippen LogP contribution in [0.15, 0.2) is 26.5 Å². The van der Waals surface area contributed by atoms with Gasteiger partial charge in [0.15, 0.2) is 11.5 Å². The van der Waals surface area contributed by atoms with E-state index in [9.17, 15) is 4.79 Å². The highest BCUT2D eigenvalue weighted by molar-refractivity contribution is 9.10. The highest BCUT2D eigenvalue weighted by Gasteiger charge is 2.09. The number of benzene rings is 1. The molecule has 8 heteroatoms. The number of nitrogens with zero attached hydrogens (tertiary/aromatic N) is 2. The average molecular weight is 381 g/mol. The third-order valence-corrected chi connectivity index (χ3v) is 3.82. The molecule has 0 fully saturated rings. The summed E-state index contributed by atoms with van der Waals surface area (Å²) in [5.74, 6) is 1.48. The molecular weight excluding hydrogens is 364 g/mol. The Morgan fingerprint density at radius 1 is 1.30 bits per heavy atom. The molecule has 2 rings (SSSR count). The summed E-state index contributed by atoms with van der Waals surface area (Å²) in [6.07, 6.45) is 1.59. The second-order valence-electron chi connectivity index (χ2n) is 4.73. The maximum Gasteiger partial charge on any atom is 0.255 e. The molecule has 1 heterocycles. The molecule has 1 aromatic carbocycles. The molecule has 0 aliphatic rings. The predicted molar refractivity (Wildman–Crippen MR) is 92.8 cm³/mol. The van der Waals surface area contributed by atoms with Crippen LogP contribution < -0.4 is 20.5 Å². The zero-order valence-electron chi connectivity index (χ0n) is 13.2. The minimum Gasteiger partial charge on any atom is -0.493 e. The zero-order valence-corrected chi connectivity index (χ0v) is 14.8. The maximum absolute atomic E-state index is 11.7. The SMILES string of the molecule is COc1cc(/C=N\Nc2nc(C)c(C)c(=O)[nH]2)cc(Br)c1OC. The Morgan fingerprint density at radius 3 is 2.65 bits per heavy atom. The van der Waals surface area contributed by atoms with Gasteiger partial charge in [0.05, 0.1) is 24.9 Å². The molecule has 0 saturated heterocycles. The first kappa shape index (κ1) is 17.0. The van der Waals surface area contributed by atoms with Gasteiger partial charge in [-0.2, -0.15) is 5.10 Å². The van der Waals surface area contributed by atoms with E-state index >= 15 is 0 Å². The summed E-state index contributed by atoms with van der Waals surface area (Å²) >= 11 is 3.42. The molecule has 1 aromatic heterocycles. The molecule has 122 valence electrons. The van der Waals surface area contributed by atoms with Crippen LogP contribution in [0.4, 0.5) is 5.95 Å². The molecule has 0 unspecified atom stereocenters. The van der Waals surface area contributed by atoms with Gasteiger partial charge in [0.1, 0.15) is 0 Å². The predicted octanol–water partition coefficient (Wildman–Crippen LogP) is 2.61. The lowest BCUT2D eigenvalue weighted by Gasteiger charge is -2.10. The average Bonchev–Trinajstić information content (AvgIpc) is 2.51. The Labute approximate surface area is 141 Å². The summed E-state index contributed by atoms with van der Waals surface area (Å²) in [5, 5.41) is 4.07. The van der Waals surface area contributed by atoms with Gasteiger partial charge < -0.3 is 9.47 Å². The first-order chi connectivity index (χ1) is 11.0. The number of rotatable bonds is 5. The minimum atomic E-state index is -0.191. The van der Waals surface area contributed by atoms with Crippen molar-refractivity contribution < 1.29 is 9.47 Å². The molecular formula is C15H17BrN4O3. The Bertz CT molecular complexity index is 802. The fraction of sp³-hybridized carbons (Fsp3) is 0.267. The van der Waals surface area contributed by atoms with Gasteiger partial charge in [0.25, 0.3) is 5.56 Å². The van der Waals surface area contributed by atoms with Gasteiger partial charge in [-0.1, -0.05) is 0 Å². The van der Waals surface area contributed by atoms with Crippen LogP contribution in [0.5, 0.6) is 11.5 Å². The van der Waals surface area contributed by atoms with Gasteiger partial charge in [-0.3, -0.25) is 9.78 Å². The van der Waals surface area contributed by atoms with Gasteiger partial charge in [-0.25, -0.2) is 10.4 Å². The highest BCUT2D eigenvalue weighted by Crippen LogP contribution is 2.35. The molecule has 0 spiro atoms. The van der Waals surface area contributed by atoms with Crippen LogP contribution in [0, 0.1) is 13.8 Å². The largest absolute Gasteiger partial charge is 0.493 e. The second kappa shape index (κ2) is 7.28.